The standard InChI is InChI=1S/C14H10BrN3/c15-14-11(8-16-9-18-14)7-10-5-6-17-13-4-2-1-3-12(10)13/h1-6,8-9H,7H2. The summed E-state index contributed by atoms with van der Waals surface area (Å²) in [6.07, 6.45) is 6.02. The largest absolute Gasteiger partial charge is 0.256 e. The summed E-state index contributed by atoms with van der Waals surface area (Å²) in [4.78, 5) is 12.6. The van der Waals surface area contributed by atoms with Gasteiger partial charge in [0, 0.05) is 29.8 Å². The molecule has 0 saturated heterocycles. The summed E-state index contributed by atoms with van der Waals surface area (Å²) in [6, 6.07) is 10.2. The van der Waals surface area contributed by atoms with E-state index in [1.165, 1.54) is 17.3 Å². The van der Waals surface area contributed by atoms with Gasteiger partial charge in [-0.1, -0.05) is 18.2 Å². The number of halogens is 1. The van der Waals surface area contributed by atoms with Crippen molar-refractivity contribution in [2.24, 2.45) is 0 Å². The highest BCUT2D eigenvalue weighted by Crippen LogP contribution is 2.21. The third-order valence-corrected chi connectivity index (χ3v) is 3.57. The lowest BCUT2D eigenvalue weighted by Gasteiger charge is -2.06. The highest BCUT2D eigenvalue weighted by molar-refractivity contribution is 9.10. The van der Waals surface area contributed by atoms with Crippen LogP contribution in [0, 0.1) is 0 Å². The summed E-state index contributed by atoms with van der Waals surface area (Å²) in [7, 11) is 0. The van der Waals surface area contributed by atoms with E-state index in [0.29, 0.717) is 0 Å². The van der Waals surface area contributed by atoms with E-state index < -0.39 is 0 Å². The first-order chi connectivity index (χ1) is 8.84. The molecule has 0 aliphatic heterocycles. The number of hydrogen-bond acceptors (Lipinski definition) is 3. The van der Waals surface area contributed by atoms with E-state index in [0.717, 1.165) is 22.1 Å². The molecule has 0 amide bonds. The van der Waals surface area contributed by atoms with Crippen molar-refractivity contribution in [3.8, 4) is 0 Å². The number of nitrogens with zero attached hydrogens (tertiary/aromatic N) is 3. The predicted molar refractivity (Wildman–Crippen MR) is 74.3 cm³/mol. The lowest BCUT2D eigenvalue weighted by atomic mass is 10.0. The van der Waals surface area contributed by atoms with E-state index in [1.54, 1.807) is 0 Å². The van der Waals surface area contributed by atoms with Gasteiger partial charge >= 0.3 is 0 Å². The first kappa shape index (κ1) is 11.3. The number of fused-ring (bicyclic) bond motifs is 1. The summed E-state index contributed by atoms with van der Waals surface area (Å²) in [6.45, 7) is 0. The lowest BCUT2D eigenvalue weighted by Crippen LogP contribution is -1.94. The lowest BCUT2D eigenvalue weighted by molar-refractivity contribution is 1.05. The normalized spacial score (nSPS) is 10.7. The van der Waals surface area contributed by atoms with Crippen LogP contribution >= 0.6 is 15.9 Å². The van der Waals surface area contributed by atoms with Crippen molar-refractivity contribution < 1.29 is 0 Å². The van der Waals surface area contributed by atoms with E-state index in [9.17, 15) is 0 Å². The average Bonchev–Trinajstić information content (AvgIpc) is 2.42. The minimum absolute atomic E-state index is 0.796. The number of aromatic nitrogens is 3. The highest BCUT2D eigenvalue weighted by Gasteiger charge is 2.06. The van der Waals surface area contributed by atoms with Gasteiger partial charge in [0.2, 0.25) is 0 Å². The van der Waals surface area contributed by atoms with Crippen LogP contribution in [0.2, 0.25) is 0 Å². The summed E-state index contributed by atoms with van der Waals surface area (Å²) < 4.78 is 0.846. The Morgan fingerprint density at radius 1 is 1.00 bits per heavy atom. The predicted octanol–water partition coefficient (Wildman–Crippen LogP) is 3.38. The Balaban J connectivity index is 2.08. The quantitative estimate of drug-likeness (QED) is 0.681. The molecule has 0 spiro atoms. The number of benzene rings is 1. The van der Waals surface area contributed by atoms with Gasteiger partial charge in [-0.15, -0.1) is 0 Å². The molecule has 18 heavy (non-hydrogen) atoms. The Bertz CT molecular complexity index is 692. The molecule has 0 aliphatic rings. The molecule has 3 aromatic rings. The zero-order chi connectivity index (χ0) is 12.4. The summed E-state index contributed by atoms with van der Waals surface area (Å²) in [5.41, 5.74) is 3.33. The summed E-state index contributed by atoms with van der Waals surface area (Å²) >= 11 is 3.45. The van der Waals surface area contributed by atoms with Gasteiger partial charge in [-0.3, -0.25) is 4.98 Å². The molecule has 2 heterocycles. The van der Waals surface area contributed by atoms with E-state index in [2.05, 4.69) is 36.9 Å². The average molecular weight is 300 g/mol. The number of hydrogen-bond donors (Lipinski definition) is 0. The maximum atomic E-state index is 4.36. The molecule has 2 aromatic heterocycles. The van der Waals surface area contributed by atoms with E-state index in [1.807, 2.05) is 36.7 Å². The topological polar surface area (TPSA) is 38.7 Å². The van der Waals surface area contributed by atoms with Crippen LogP contribution in [-0.2, 0) is 6.42 Å². The fourth-order valence-electron chi connectivity index (χ4n) is 1.98. The molecule has 0 radical (unpaired) electrons. The van der Waals surface area contributed by atoms with Gasteiger partial charge in [-0.05, 0) is 33.6 Å². The number of para-hydroxylation sites is 1. The van der Waals surface area contributed by atoms with Crippen LogP contribution in [0.1, 0.15) is 11.1 Å². The second-order valence-corrected chi connectivity index (χ2v) is 4.75. The fraction of sp³-hybridized carbons (Fsp3) is 0.0714. The van der Waals surface area contributed by atoms with Gasteiger partial charge in [-0.2, -0.15) is 0 Å². The Hall–Kier alpha value is -1.81. The zero-order valence-corrected chi connectivity index (χ0v) is 11.1. The fourth-order valence-corrected chi connectivity index (χ4v) is 2.31. The molecule has 4 heteroatoms. The summed E-state index contributed by atoms with van der Waals surface area (Å²) in [5.74, 6) is 0. The molecule has 1 aromatic carbocycles. The number of rotatable bonds is 2. The smallest absolute Gasteiger partial charge is 0.116 e. The molecule has 3 nitrogen and oxygen atoms in total. The molecular formula is C14H10BrN3. The molecular weight excluding hydrogens is 290 g/mol. The first-order valence-electron chi connectivity index (χ1n) is 5.61. The van der Waals surface area contributed by atoms with Crippen LogP contribution in [0.25, 0.3) is 10.9 Å². The van der Waals surface area contributed by atoms with Crippen molar-refractivity contribution >= 4 is 26.8 Å². The van der Waals surface area contributed by atoms with Crippen LogP contribution in [0.4, 0.5) is 0 Å². The minimum Gasteiger partial charge on any atom is -0.256 e. The van der Waals surface area contributed by atoms with Crippen LogP contribution in [-0.4, -0.2) is 15.0 Å². The van der Waals surface area contributed by atoms with Crippen LogP contribution in [0.3, 0.4) is 0 Å². The van der Waals surface area contributed by atoms with Crippen molar-refractivity contribution in [3.63, 3.8) is 0 Å². The second kappa shape index (κ2) is 4.82. The summed E-state index contributed by atoms with van der Waals surface area (Å²) in [5, 5.41) is 1.18. The Labute approximate surface area is 113 Å². The second-order valence-electron chi connectivity index (χ2n) is 4.00. The number of pyridine rings is 1. The van der Waals surface area contributed by atoms with Gasteiger partial charge in [-0.25, -0.2) is 9.97 Å². The monoisotopic (exact) mass is 299 g/mol. The molecule has 0 atom stereocenters. The molecule has 0 unspecified atom stereocenters. The zero-order valence-electron chi connectivity index (χ0n) is 9.55. The van der Waals surface area contributed by atoms with E-state index in [4.69, 9.17) is 0 Å². The van der Waals surface area contributed by atoms with Gasteiger partial charge in [0.05, 0.1) is 5.52 Å². The molecule has 0 saturated carbocycles. The SMILES string of the molecule is Brc1ncncc1Cc1ccnc2ccccc12. The molecule has 0 aliphatic carbocycles. The highest BCUT2D eigenvalue weighted by atomic mass is 79.9. The minimum atomic E-state index is 0.796. The van der Waals surface area contributed by atoms with E-state index in [-0.39, 0.29) is 0 Å². The molecule has 0 bridgehead atoms. The third-order valence-electron chi connectivity index (χ3n) is 2.85. The van der Waals surface area contributed by atoms with Crippen LogP contribution in [0.15, 0.2) is 53.7 Å². The van der Waals surface area contributed by atoms with E-state index >= 15 is 0 Å². The van der Waals surface area contributed by atoms with Crippen LogP contribution < -0.4 is 0 Å². The van der Waals surface area contributed by atoms with Crippen molar-refractivity contribution in [1.29, 1.82) is 0 Å². The Morgan fingerprint density at radius 3 is 2.78 bits per heavy atom. The van der Waals surface area contributed by atoms with Crippen molar-refractivity contribution in [3.05, 3.63) is 64.8 Å². The van der Waals surface area contributed by atoms with Gasteiger partial charge in [0.15, 0.2) is 0 Å². The third kappa shape index (κ3) is 2.11. The molecule has 0 fully saturated rings. The molecule has 88 valence electrons. The van der Waals surface area contributed by atoms with Crippen molar-refractivity contribution in [1.82, 2.24) is 15.0 Å². The maximum absolute atomic E-state index is 4.36. The van der Waals surface area contributed by atoms with Gasteiger partial charge in [0.1, 0.15) is 10.9 Å². The Kier molecular flexibility index (Phi) is 3.02. The molecule has 0 N–H and O–H groups in total. The Morgan fingerprint density at radius 2 is 1.89 bits per heavy atom. The van der Waals surface area contributed by atoms with Gasteiger partial charge < -0.3 is 0 Å². The van der Waals surface area contributed by atoms with Gasteiger partial charge in [0.25, 0.3) is 0 Å². The van der Waals surface area contributed by atoms with Crippen LogP contribution in [0.5, 0.6) is 0 Å². The van der Waals surface area contributed by atoms with Crippen molar-refractivity contribution in [2.75, 3.05) is 0 Å². The first-order valence-corrected chi connectivity index (χ1v) is 6.41. The maximum Gasteiger partial charge on any atom is 0.116 e. The van der Waals surface area contributed by atoms with Crippen molar-refractivity contribution in [2.45, 2.75) is 6.42 Å². The molecule has 3 rings (SSSR count).